The fourth-order valence-corrected chi connectivity index (χ4v) is 6.38. The van der Waals surface area contributed by atoms with E-state index in [2.05, 4.69) is 67.8 Å². The number of rotatable bonds is 34. The van der Waals surface area contributed by atoms with Gasteiger partial charge in [-0.25, -0.2) is 0 Å². The number of nitrogens with one attached hydrogen (secondary N) is 1. The standard InChI is InChI=1S/C45H79NO8/c1-3-5-7-9-11-13-15-17-18-19-20-21-22-23-25-27-29-31-33-35-41(49)46-38(37-53-45-44(52)43(51)42(50)40(36-47)54-45)39(48)34-32-30-28-26-24-16-14-12-10-8-6-4-2/h5,7,11,13,17-18,20-21,32,34,38-40,42-45,47-48,50-52H,3-4,6,8-10,12,14-16,19,22-31,33,35-37H2,1-2H3,(H,46,49)/b7-5-,13-11-,18-17-,21-20-,34-32+. The van der Waals surface area contributed by atoms with Gasteiger partial charge in [0.15, 0.2) is 6.29 Å². The van der Waals surface area contributed by atoms with Crippen LogP contribution < -0.4 is 5.32 Å². The molecule has 9 nitrogen and oxygen atoms in total. The molecule has 0 aliphatic carbocycles. The first-order chi connectivity index (χ1) is 26.3. The molecular weight excluding hydrogens is 682 g/mol. The second-order valence-electron chi connectivity index (χ2n) is 14.8. The summed E-state index contributed by atoms with van der Waals surface area (Å²) in [6.07, 6.45) is 38.3. The summed E-state index contributed by atoms with van der Waals surface area (Å²) in [6.45, 7) is 3.62. The molecule has 0 saturated carbocycles. The Morgan fingerprint density at radius 3 is 1.70 bits per heavy atom. The number of aliphatic hydroxyl groups excluding tert-OH is 5. The molecule has 0 aromatic heterocycles. The number of ether oxygens (including phenoxy) is 2. The first kappa shape index (κ1) is 49.9. The molecular formula is C45H79NO8. The summed E-state index contributed by atoms with van der Waals surface area (Å²) >= 11 is 0. The van der Waals surface area contributed by atoms with Gasteiger partial charge in [0, 0.05) is 6.42 Å². The topological polar surface area (TPSA) is 149 Å². The molecule has 1 amide bonds. The number of aliphatic hydroxyl groups is 5. The Hall–Kier alpha value is -2.11. The maximum Gasteiger partial charge on any atom is 0.220 e. The van der Waals surface area contributed by atoms with Crippen LogP contribution in [0.25, 0.3) is 0 Å². The van der Waals surface area contributed by atoms with E-state index >= 15 is 0 Å². The Balaban J connectivity index is 2.39. The van der Waals surface area contributed by atoms with E-state index in [0.717, 1.165) is 83.5 Å². The first-order valence-electron chi connectivity index (χ1n) is 21.5. The SMILES string of the molecule is CC/C=C\C/C=C\C/C=C\C/C=C\CCCCCCCCC(=O)NC(COC1OC(CO)C(O)C(O)C1O)C(O)/C=C/CCCCCCCCCCCC. The van der Waals surface area contributed by atoms with Crippen LogP contribution >= 0.6 is 0 Å². The summed E-state index contributed by atoms with van der Waals surface area (Å²) in [5.74, 6) is -0.195. The van der Waals surface area contributed by atoms with Gasteiger partial charge in [0.2, 0.25) is 5.91 Å². The molecule has 0 bridgehead atoms. The Morgan fingerprint density at radius 2 is 1.15 bits per heavy atom. The molecule has 0 aromatic carbocycles. The summed E-state index contributed by atoms with van der Waals surface area (Å²) in [7, 11) is 0. The van der Waals surface area contributed by atoms with Crippen LogP contribution in [0.5, 0.6) is 0 Å². The molecule has 0 aromatic rings. The van der Waals surface area contributed by atoms with Gasteiger partial charge in [-0.1, -0.05) is 158 Å². The van der Waals surface area contributed by atoms with Crippen molar-refractivity contribution in [1.82, 2.24) is 5.32 Å². The van der Waals surface area contributed by atoms with Gasteiger partial charge in [-0.15, -0.1) is 0 Å². The van der Waals surface area contributed by atoms with Crippen LogP contribution in [0.1, 0.15) is 162 Å². The van der Waals surface area contributed by atoms with E-state index < -0.39 is 49.5 Å². The van der Waals surface area contributed by atoms with E-state index in [1.807, 2.05) is 6.08 Å². The molecule has 1 rings (SSSR count). The largest absolute Gasteiger partial charge is 0.394 e. The van der Waals surface area contributed by atoms with Gasteiger partial charge in [-0.05, 0) is 57.8 Å². The maximum atomic E-state index is 12.9. The Bertz CT molecular complexity index is 1030. The van der Waals surface area contributed by atoms with Crippen LogP contribution in [-0.4, -0.2) is 87.5 Å². The van der Waals surface area contributed by atoms with Crippen LogP contribution in [0.4, 0.5) is 0 Å². The molecule has 1 heterocycles. The van der Waals surface area contributed by atoms with Gasteiger partial charge in [0.1, 0.15) is 24.4 Å². The molecule has 7 atom stereocenters. The van der Waals surface area contributed by atoms with Crippen LogP contribution in [0.3, 0.4) is 0 Å². The molecule has 1 fully saturated rings. The lowest BCUT2D eigenvalue weighted by Gasteiger charge is -2.40. The van der Waals surface area contributed by atoms with Crippen molar-refractivity contribution < 1.29 is 39.8 Å². The van der Waals surface area contributed by atoms with Gasteiger partial charge in [-0.3, -0.25) is 4.79 Å². The van der Waals surface area contributed by atoms with Crippen LogP contribution in [0.2, 0.25) is 0 Å². The maximum absolute atomic E-state index is 12.9. The normalized spacial score (nSPS) is 22.1. The van der Waals surface area contributed by atoms with Gasteiger partial charge in [0.25, 0.3) is 0 Å². The Kier molecular flexibility index (Phi) is 32.6. The monoisotopic (exact) mass is 762 g/mol. The van der Waals surface area contributed by atoms with E-state index in [4.69, 9.17) is 9.47 Å². The summed E-state index contributed by atoms with van der Waals surface area (Å²) in [5, 5.41) is 54.0. The van der Waals surface area contributed by atoms with Crippen molar-refractivity contribution >= 4 is 5.91 Å². The molecule has 1 saturated heterocycles. The third kappa shape index (κ3) is 25.9. The van der Waals surface area contributed by atoms with E-state index in [9.17, 15) is 30.3 Å². The highest BCUT2D eigenvalue weighted by Gasteiger charge is 2.44. The number of hydrogen-bond donors (Lipinski definition) is 6. The van der Waals surface area contributed by atoms with Gasteiger partial charge < -0.3 is 40.3 Å². The zero-order valence-corrected chi connectivity index (χ0v) is 34.0. The van der Waals surface area contributed by atoms with Crippen molar-refractivity contribution in [2.24, 2.45) is 0 Å². The lowest BCUT2D eigenvalue weighted by Crippen LogP contribution is -2.60. The molecule has 6 N–H and O–H groups in total. The van der Waals surface area contributed by atoms with E-state index in [-0.39, 0.29) is 12.5 Å². The molecule has 7 unspecified atom stereocenters. The minimum Gasteiger partial charge on any atom is -0.394 e. The first-order valence-corrected chi connectivity index (χ1v) is 21.5. The minimum absolute atomic E-state index is 0.195. The molecule has 54 heavy (non-hydrogen) atoms. The zero-order valence-electron chi connectivity index (χ0n) is 34.0. The summed E-state index contributed by atoms with van der Waals surface area (Å²) in [5.41, 5.74) is 0. The molecule has 0 radical (unpaired) electrons. The van der Waals surface area contributed by atoms with Gasteiger partial charge in [0.05, 0.1) is 25.4 Å². The number of amides is 1. The van der Waals surface area contributed by atoms with Crippen molar-refractivity contribution in [3.8, 4) is 0 Å². The third-order valence-corrected chi connectivity index (χ3v) is 9.85. The van der Waals surface area contributed by atoms with Crippen LogP contribution in [0, 0.1) is 0 Å². The molecule has 0 spiro atoms. The summed E-state index contributed by atoms with van der Waals surface area (Å²) < 4.78 is 11.2. The average molecular weight is 762 g/mol. The predicted octanol–water partition coefficient (Wildman–Crippen LogP) is 8.44. The van der Waals surface area contributed by atoms with Gasteiger partial charge in [-0.2, -0.15) is 0 Å². The number of unbranched alkanes of at least 4 members (excludes halogenated alkanes) is 16. The fourth-order valence-electron chi connectivity index (χ4n) is 6.38. The fraction of sp³-hybridized carbons (Fsp3) is 0.756. The lowest BCUT2D eigenvalue weighted by molar-refractivity contribution is -0.302. The van der Waals surface area contributed by atoms with Crippen molar-refractivity contribution in [2.75, 3.05) is 13.2 Å². The third-order valence-electron chi connectivity index (χ3n) is 9.85. The van der Waals surface area contributed by atoms with E-state index in [0.29, 0.717) is 6.42 Å². The smallest absolute Gasteiger partial charge is 0.220 e. The Labute approximate surface area is 328 Å². The molecule has 9 heteroatoms. The molecule has 1 aliphatic heterocycles. The minimum atomic E-state index is -1.57. The van der Waals surface area contributed by atoms with Crippen molar-refractivity contribution in [3.63, 3.8) is 0 Å². The molecule has 1 aliphatic rings. The van der Waals surface area contributed by atoms with E-state index in [1.54, 1.807) is 6.08 Å². The molecule has 312 valence electrons. The quantitative estimate of drug-likeness (QED) is 0.0283. The zero-order chi connectivity index (χ0) is 39.5. The highest BCUT2D eigenvalue weighted by atomic mass is 16.7. The second kappa shape index (κ2) is 35.3. The van der Waals surface area contributed by atoms with Gasteiger partial charge >= 0.3 is 0 Å². The van der Waals surface area contributed by atoms with Crippen molar-refractivity contribution in [2.45, 2.75) is 204 Å². The van der Waals surface area contributed by atoms with Crippen LogP contribution in [0.15, 0.2) is 60.8 Å². The summed E-state index contributed by atoms with van der Waals surface area (Å²) in [4.78, 5) is 12.9. The van der Waals surface area contributed by atoms with E-state index in [1.165, 1.54) is 57.8 Å². The average Bonchev–Trinajstić information content (AvgIpc) is 3.17. The number of carbonyl (C=O) groups excluding carboxylic acids is 1. The highest BCUT2D eigenvalue weighted by Crippen LogP contribution is 2.22. The second-order valence-corrected chi connectivity index (χ2v) is 14.8. The number of hydrogen-bond acceptors (Lipinski definition) is 8. The van der Waals surface area contributed by atoms with Crippen molar-refractivity contribution in [3.05, 3.63) is 60.8 Å². The number of carbonyl (C=O) groups is 1. The number of allylic oxidation sites excluding steroid dienone is 9. The Morgan fingerprint density at radius 1 is 0.648 bits per heavy atom. The van der Waals surface area contributed by atoms with Crippen LogP contribution in [-0.2, 0) is 14.3 Å². The lowest BCUT2D eigenvalue weighted by atomic mass is 9.99. The summed E-state index contributed by atoms with van der Waals surface area (Å²) in [6, 6.07) is -0.813. The highest BCUT2D eigenvalue weighted by molar-refractivity contribution is 5.76. The van der Waals surface area contributed by atoms with Crippen molar-refractivity contribution in [1.29, 1.82) is 0 Å². The predicted molar refractivity (Wildman–Crippen MR) is 221 cm³/mol.